The first-order chi connectivity index (χ1) is 10.2. The highest BCUT2D eigenvalue weighted by Crippen LogP contribution is 2.36. The molecule has 2 rings (SSSR count). The third-order valence-electron chi connectivity index (χ3n) is 3.43. The van der Waals surface area contributed by atoms with E-state index in [4.69, 9.17) is 16.3 Å². The fourth-order valence-electron chi connectivity index (χ4n) is 2.20. The molecule has 1 saturated carbocycles. The molecule has 1 aliphatic rings. The summed E-state index contributed by atoms with van der Waals surface area (Å²) in [6.45, 7) is 5.38. The maximum absolute atomic E-state index is 12.5. The lowest BCUT2D eigenvalue weighted by atomic mass is 9.91. The quantitative estimate of drug-likeness (QED) is 0.603. The van der Waals surface area contributed by atoms with E-state index in [0.717, 1.165) is 19.3 Å². The Balaban J connectivity index is 2.33. The van der Waals surface area contributed by atoms with Crippen LogP contribution in [0.15, 0.2) is 18.2 Å². The van der Waals surface area contributed by atoms with Crippen molar-refractivity contribution in [2.24, 2.45) is 0 Å². The monoisotopic (exact) mass is 326 g/mol. The van der Waals surface area contributed by atoms with Gasteiger partial charge in [-0.25, -0.2) is 4.79 Å². The molecule has 7 heteroatoms. The van der Waals surface area contributed by atoms with Crippen LogP contribution >= 0.6 is 11.6 Å². The van der Waals surface area contributed by atoms with Crippen molar-refractivity contribution in [2.45, 2.75) is 51.7 Å². The summed E-state index contributed by atoms with van der Waals surface area (Å²) >= 11 is 6.15. The van der Waals surface area contributed by atoms with Crippen LogP contribution in [0.4, 0.5) is 16.2 Å². The van der Waals surface area contributed by atoms with E-state index in [0.29, 0.717) is 5.69 Å². The van der Waals surface area contributed by atoms with Crippen molar-refractivity contribution in [2.75, 3.05) is 4.90 Å². The summed E-state index contributed by atoms with van der Waals surface area (Å²) in [4.78, 5) is 24.3. The molecule has 0 saturated heterocycles. The average Bonchev–Trinajstić information content (AvgIpc) is 2.31. The SMILES string of the molecule is CC(C)(C)OC(=O)N(c1ccc([N+](=O)[O-])cc1Cl)C1CCC1. The number of rotatable bonds is 3. The summed E-state index contributed by atoms with van der Waals surface area (Å²) in [7, 11) is 0. The van der Waals surface area contributed by atoms with Crippen molar-refractivity contribution in [3.63, 3.8) is 0 Å². The van der Waals surface area contributed by atoms with Gasteiger partial charge in [0.2, 0.25) is 0 Å². The van der Waals surface area contributed by atoms with Crippen LogP contribution in [0.3, 0.4) is 0 Å². The molecule has 0 atom stereocenters. The number of nitro benzene ring substituents is 1. The van der Waals surface area contributed by atoms with Crippen molar-refractivity contribution >= 4 is 29.1 Å². The molecule has 0 spiro atoms. The molecule has 1 fully saturated rings. The number of carbonyl (C=O) groups is 1. The Morgan fingerprint density at radius 2 is 2.05 bits per heavy atom. The number of carbonyl (C=O) groups excluding carboxylic acids is 1. The van der Waals surface area contributed by atoms with Crippen molar-refractivity contribution in [3.8, 4) is 0 Å². The van der Waals surface area contributed by atoms with Crippen LogP contribution in [0, 0.1) is 10.1 Å². The minimum absolute atomic E-state index is 0.0220. The van der Waals surface area contributed by atoms with Crippen molar-refractivity contribution in [1.29, 1.82) is 0 Å². The zero-order chi connectivity index (χ0) is 16.5. The van der Waals surface area contributed by atoms with Gasteiger partial charge in [-0.05, 0) is 46.1 Å². The van der Waals surface area contributed by atoms with Crippen LogP contribution in [0.5, 0.6) is 0 Å². The summed E-state index contributed by atoms with van der Waals surface area (Å²) in [5.41, 5.74) is -0.274. The number of nitro groups is 1. The van der Waals surface area contributed by atoms with Gasteiger partial charge in [-0.2, -0.15) is 0 Å². The summed E-state index contributed by atoms with van der Waals surface area (Å²) in [5.74, 6) is 0. The minimum atomic E-state index is -0.619. The number of benzene rings is 1. The van der Waals surface area contributed by atoms with Crippen LogP contribution in [0.2, 0.25) is 5.02 Å². The van der Waals surface area contributed by atoms with Crippen LogP contribution in [-0.2, 0) is 4.74 Å². The molecule has 120 valence electrons. The number of non-ortho nitro benzene ring substituents is 1. The van der Waals surface area contributed by atoms with Gasteiger partial charge in [-0.1, -0.05) is 11.6 Å². The number of hydrogen-bond acceptors (Lipinski definition) is 4. The smallest absolute Gasteiger partial charge is 0.415 e. The standard InChI is InChI=1S/C15H19ClN2O4/c1-15(2,3)22-14(19)17(10-5-4-6-10)13-8-7-11(18(20)21)9-12(13)16/h7-10H,4-6H2,1-3H3. The van der Waals surface area contributed by atoms with Gasteiger partial charge in [0.25, 0.3) is 5.69 Å². The maximum Gasteiger partial charge on any atom is 0.415 e. The van der Waals surface area contributed by atoms with Crippen molar-refractivity contribution in [3.05, 3.63) is 33.3 Å². The van der Waals surface area contributed by atoms with Gasteiger partial charge >= 0.3 is 6.09 Å². The van der Waals surface area contributed by atoms with Crippen molar-refractivity contribution < 1.29 is 14.5 Å². The molecule has 0 unspecified atom stereocenters. The number of nitrogens with zero attached hydrogens (tertiary/aromatic N) is 2. The number of amides is 1. The molecule has 1 amide bonds. The van der Waals surface area contributed by atoms with E-state index in [9.17, 15) is 14.9 Å². The lowest BCUT2D eigenvalue weighted by Gasteiger charge is -2.38. The predicted molar refractivity (Wildman–Crippen MR) is 84.5 cm³/mol. The van der Waals surface area contributed by atoms with E-state index in [-0.39, 0.29) is 16.8 Å². The van der Waals surface area contributed by atoms with E-state index in [1.807, 2.05) is 0 Å². The van der Waals surface area contributed by atoms with Gasteiger partial charge in [0, 0.05) is 18.2 Å². The third kappa shape index (κ3) is 3.68. The molecule has 0 radical (unpaired) electrons. The summed E-state index contributed by atoms with van der Waals surface area (Å²) < 4.78 is 5.44. The first-order valence-electron chi connectivity index (χ1n) is 7.15. The molecule has 0 heterocycles. The molecule has 22 heavy (non-hydrogen) atoms. The van der Waals surface area contributed by atoms with E-state index in [2.05, 4.69) is 0 Å². The Labute approximate surface area is 134 Å². The third-order valence-corrected chi connectivity index (χ3v) is 3.73. The maximum atomic E-state index is 12.5. The van der Waals surface area contributed by atoms with Crippen LogP contribution in [0.1, 0.15) is 40.0 Å². The topological polar surface area (TPSA) is 72.7 Å². The normalized spacial score (nSPS) is 15.1. The van der Waals surface area contributed by atoms with Gasteiger partial charge in [0.1, 0.15) is 5.60 Å². The summed E-state index contributed by atoms with van der Waals surface area (Å²) in [6, 6.07) is 4.13. The number of ether oxygens (including phenoxy) is 1. The van der Waals surface area contributed by atoms with E-state index < -0.39 is 16.6 Å². The molecular weight excluding hydrogens is 308 g/mol. The highest BCUT2D eigenvalue weighted by molar-refractivity contribution is 6.34. The van der Waals surface area contributed by atoms with E-state index in [1.165, 1.54) is 23.1 Å². The van der Waals surface area contributed by atoms with Gasteiger partial charge in [0.05, 0.1) is 15.6 Å². The number of halogens is 1. The summed E-state index contributed by atoms with van der Waals surface area (Å²) in [6.07, 6.45) is 2.29. The fraction of sp³-hybridized carbons (Fsp3) is 0.533. The molecule has 0 bridgehead atoms. The second-order valence-electron chi connectivity index (χ2n) is 6.33. The molecule has 1 aromatic rings. The molecule has 1 aromatic carbocycles. The van der Waals surface area contributed by atoms with E-state index >= 15 is 0 Å². The van der Waals surface area contributed by atoms with Crippen LogP contribution in [0.25, 0.3) is 0 Å². The lowest BCUT2D eigenvalue weighted by Crippen LogP contribution is -2.47. The second kappa shape index (κ2) is 6.12. The zero-order valence-electron chi connectivity index (χ0n) is 12.8. The minimum Gasteiger partial charge on any atom is -0.443 e. The Morgan fingerprint density at radius 1 is 1.41 bits per heavy atom. The largest absolute Gasteiger partial charge is 0.443 e. The van der Waals surface area contributed by atoms with Gasteiger partial charge in [-0.15, -0.1) is 0 Å². The Morgan fingerprint density at radius 3 is 2.45 bits per heavy atom. The molecule has 0 aromatic heterocycles. The number of hydrogen-bond donors (Lipinski definition) is 0. The molecule has 1 aliphatic carbocycles. The molecule has 6 nitrogen and oxygen atoms in total. The van der Waals surface area contributed by atoms with E-state index in [1.54, 1.807) is 20.8 Å². The molecule has 0 N–H and O–H groups in total. The highest BCUT2D eigenvalue weighted by atomic mass is 35.5. The first kappa shape index (κ1) is 16.5. The summed E-state index contributed by atoms with van der Waals surface area (Å²) in [5, 5.41) is 11.0. The number of anilines is 1. The zero-order valence-corrected chi connectivity index (χ0v) is 13.6. The molecular formula is C15H19ClN2O4. The fourth-order valence-corrected chi connectivity index (χ4v) is 2.47. The second-order valence-corrected chi connectivity index (χ2v) is 6.74. The van der Waals surface area contributed by atoms with Gasteiger partial charge in [0.15, 0.2) is 0 Å². The molecule has 0 aliphatic heterocycles. The van der Waals surface area contributed by atoms with Gasteiger partial charge in [-0.3, -0.25) is 15.0 Å². The van der Waals surface area contributed by atoms with Crippen LogP contribution in [-0.4, -0.2) is 22.7 Å². The Hall–Kier alpha value is -1.82. The highest BCUT2D eigenvalue weighted by Gasteiger charge is 2.34. The average molecular weight is 327 g/mol. The first-order valence-corrected chi connectivity index (χ1v) is 7.53. The van der Waals surface area contributed by atoms with Gasteiger partial charge < -0.3 is 4.74 Å². The van der Waals surface area contributed by atoms with Crippen LogP contribution < -0.4 is 4.90 Å². The Kier molecular flexibility index (Phi) is 4.60. The lowest BCUT2D eigenvalue weighted by molar-refractivity contribution is -0.384. The predicted octanol–water partition coefficient (Wildman–Crippen LogP) is 4.54. The Bertz CT molecular complexity index is 594. The van der Waals surface area contributed by atoms with Crippen molar-refractivity contribution in [1.82, 2.24) is 0 Å².